The van der Waals surface area contributed by atoms with E-state index in [1.807, 2.05) is 43.3 Å². The zero-order valence-electron chi connectivity index (χ0n) is 10.3. The van der Waals surface area contributed by atoms with Crippen LogP contribution in [0.1, 0.15) is 11.4 Å². The fourth-order valence-corrected chi connectivity index (χ4v) is 2.15. The van der Waals surface area contributed by atoms with Gasteiger partial charge in [-0.2, -0.15) is 0 Å². The predicted octanol–water partition coefficient (Wildman–Crippen LogP) is 3.58. The Morgan fingerprint density at radius 2 is 2.00 bits per heavy atom. The first-order chi connectivity index (χ1) is 8.69. The van der Waals surface area contributed by atoms with Gasteiger partial charge in [0.1, 0.15) is 18.1 Å². The summed E-state index contributed by atoms with van der Waals surface area (Å²) in [5, 5.41) is 0. The molecule has 0 fully saturated rings. The Kier molecular flexibility index (Phi) is 4.41. The molecule has 3 nitrogen and oxygen atoms in total. The van der Waals surface area contributed by atoms with Crippen molar-refractivity contribution in [2.75, 3.05) is 7.11 Å². The van der Waals surface area contributed by atoms with E-state index in [1.165, 1.54) is 0 Å². The fraction of sp³-hybridized carbons (Fsp3) is 0.214. The summed E-state index contributed by atoms with van der Waals surface area (Å²) in [6, 6.07) is 11.7. The average molecular weight is 355 g/mol. The number of halogens is 1. The molecule has 2 rings (SSSR count). The van der Waals surface area contributed by atoms with E-state index in [0.717, 1.165) is 26.5 Å². The number of benzene rings is 1. The second-order valence-corrected chi connectivity index (χ2v) is 5.02. The summed E-state index contributed by atoms with van der Waals surface area (Å²) < 4.78 is 12.1. The van der Waals surface area contributed by atoms with Crippen LogP contribution >= 0.6 is 22.6 Å². The van der Waals surface area contributed by atoms with Crippen LogP contribution in [0.15, 0.2) is 36.4 Å². The van der Waals surface area contributed by atoms with Gasteiger partial charge >= 0.3 is 0 Å². The third-order valence-electron chi connectivity index (χ3n) is 2.43. The molecule has 1 aromatic carbocycles. The van der Waals surface area contributed by atoms with Crippen LogP contribution in [0.25, 0.3) is 0 Å². The first kappa shape index (κ1) is 13.1. The van der Waals surface area contributed by atoms with Crippen molar-refractivity contribution in [2.24, 2.45) is 0 Å². The molecule has 0 bridgehead atoms. The van der Waals surface area contributed by atoms with Crippen molar-refractivity contribution >= 4 is 22.6 Å². The summed E-state index contributed by atoms with van der Waals surface area (Å²) in [5.74, 6) is 1.68. The van der Waals surface area contributed by atoms with Crippen molar-refractivity contribution in [1.29, 1.82) is 0 Å². The molecule has 0 aliphatic rings. The Morgan fingerprint density at radius 1 is 1.22 bits per heavy atom. The highest BCUT2D eigenvalue weighted by Gasteiger charge is 2.03. The number of rotatable bonds is 4. The molecule has 18 heavy (non-hydrogen) atoms. The van der Waals surface area contributed by atoms with Crippen molar-refractivity contribution in [3.63, 3.8) is 0 Å². The molecule has 0 radical (unpaired) electrons. The van der Waals surface area contributed by atoms with E-state index in [1.54, 1.807) is 7.11 Å². The summed E-state index contributed by atoms with van der Waals surface area (Å²) in [7, 11) is 1.65. The molecule has 0 N–H and O–H groups in total. The zero-order chi connectivity index (χ0) is 13.0. The van der Waals surface area contributed by atoms with Gasteiger partial charge in [-0.05, 0) is 41.6 Å². The molecule has 0 aliphatic heterocycles. The van der Waals surface area contributed by atoms with Crippen molar-refractivity contribution in [1.82, 2.24) is 4.98 Å². The Hall–Kier alpha value is -1.30. The van der Waals surface area contributed by atoms with Gasteiger partial charge in [0.2, 0.25) is 0 Å². The number of methoxy groups -OCH3 is 1. The molecule has 2 aromatic rings. The van der Waals surface area contributed by atoms with E-state index >= 15 is 0 Å². The van der Waals surface area contributed by atoms with Crippen LogP contribution < -0.4 is 9.47 Å². The minimum atomic E-state index is 0.443. The topological polar surface area (TPSA) is 31.4 Å². The van der Waals surface area contributed by atoms with Crippen molar-refractivity contribution < 1.29 is 9.47 Å². The number of aryl methyl sites for hydroxylation is 1. The van der Waals surface area contributed by atoms with Gasteiger partial charge < -0.3 is 9.47 Å². The van der Waals surface area contributed by atoms with Gasteiger partial charge in [-0.15, -0.1) is 0 Å². The molecule has 0 saturated carbocycles. The maximum absolute atomic E-state index is 5.75. The van der Waals surface area contributed by atoms with E-state index in [0.29, 0.717) is 6.61 Å². The number of hydrogen-bond donors (Lipinski definition) is 0. The standard InChI is InChI=1S/C14H14INO2/c1-10-7-12(17-2)8-11(16-10)9-18-14-6-4-3-5-13(14)15/h3-8H,9H2,1-2H3. The van der Waals surface area contributed by atoms with Crippen LogP contribution in [0.3, 0.4) is 0 Å². The molecule has 94 valence electrons. The summed E-state index contributed by atoms with van der Waals surface area (Å²) in [4.78, 5) is 4.42. The minimum absolute atomic E-state index is 0.443. The van der Waals surface area contributed by atoms with Gasteiger partial charge in [-0.25, -0.2) is 0 Å². The summed E-state index contributed by atoms with van der Waals surface area (Å²) >= 11 is 2.25. The summed E-state index contributed by atoms with van der Waals surface area (Å²) in [6.07, 6.45) is 0. The van der Waals surface area contributed by atoms with E-state index in [4.69, 9.17) is 9.47 Å². The van der Waals surface area contributed by atoms with Crippen molar-refractivity contribution in [2.45, 2.75) is 13.5 Å². The third kappa shape index (κ3) is 3.35. The van der Waals surface area contributed by atoms with Gasteiger partial charge in [0.05, 0.1) is 16.4 Å². The lowest BCUT2D eigenvalue weighted by atomic mass is 10.3. The highest BCUT2D eigenvalue weighted by Crippen LogP contribution is 2.21. The van der Waals surface area contributed by atoms with Crippen LogP contribution in [0.2, 0.25) is 0 Å². The van der Waals surface area contributed by atoms with E-state index in [-0.39, 0.29) is 0 Å². The summed E-state index contributed by atoms with van der Waals surface area (Å²) in [6.45, 7) is 2.39. The SMILES string of the molecule is COc1cc(C)nc(COc2ccccc2I)c1. The maximum atomic E-state index is 5.75. The number of pyridine rings is 1. The largest absolute Gasteiger partial charge is 0.497 e. The van der Waals surface area contributed by atoms with Gasteiger partial charge in [-0.3, -0.25) is 4.98 Å². The second kappa shape index (κ2) is 6.04. The van der Waals surface area contributed by atoms with Gasteiger partial charge in [0, 0.05) is 17.8 Å². The van der Waals surface area contributed by atoms with Gasteiger partial charge in [-0.1, -0.05) is 12.1 Å². The summed E-state index contributed by atoms with van der Waals surface area (Å²) in [5.41, 5.74) is 1.79. The number of para-hydroxylation sites is 1. The predicted molar refractivity (Wildman–Crippen MR) is 79.0 cm³/mol. The molecule has 0 saturated heterocycles. The normalized spacial score (nSPS) is 10.2. The van der Waals surface area contributed by atoms with Gasteiger partial charge in [0.15, 0.2) is 0 Å². The molecule has 0 atom stereocenters. The lowest BCUT2D eigenvalue weighted by Gasteiger charge is -2.09. The highest BCUT2D eigenvalue weighted by atomic mass is 127. The monoisotopic (exact) mass is 355 g/mol. The van der Waals surface area contributed by atoms with Crippen LogP contribution in [0.5, 0.6) is 11.5 Å². The molecule has 0 aliphatic carbocycles. The van der Waals surface area contributed by atoms with Crippen LogP contribution in [-0.4, -0.2) is 12.1 Å². The lowest BCUT2D eigenvalue weighted by Crippen LogP contribution is -2.01. The smallest absolute Gasteiger partial charge is 0.133 e. The van der Waals surface area contributed by atoms with E-state index in [2.05, 4.69) is 27.6 Å². The zero-order valence-corrected chi connectivity index (χ0v) is 12.5. The maximum Gasteiger partial charge on any atom is 0.133 e. The van der Waals surface area contributed by atoms with E-state index in [9.17, 15) is 0 Å². The highest BCUT2D eigenvalue weighted by molar-refractivity contribution is 14.1. The number of nitrogens with zero attached hydrogens (tertiary/aromatic N) is 1. The first-order valence-electron chi connectivity index (χ1n) is 5.58. The molecule has 1 aromatic heterocycles. The fourth-order valence-electron chi connectivity index (χ4n) is 1.61. The molecule has 0 unspecified atom stereocenters. The molecule has 0 amide bonds. The Bertz CT molecular complexity index is 543. The molecular formula is C14H14INO2. The molecule has 4 heteroatoms. The number of hydrogen-bond acceptors (Lipinski definition) is 3. The first-order valence-corrected chi connectivity index (χ1v) is 6.66. The Morgan fingerprint density at radius 3 is 2.72 bits per heavy atom. The lowest BCUT2D eigenvalue weighted by molar-refractivity contribution is 0.297. The third-order valence-corrected chi connectivity index (χ3v) is 3.32. The second-order valence-electron chi connectivity index (χ2n) is 3.86. The number of ether oxygens (including phenoxy) is 2. The molecular weight excluding hydrogens is 341 g/mol. The van der Waals surface area contributed by atoms with Crippen LogP contribution in [0.4, 0.5) is 0 Å². The van der Waals surface area contributed by atoms with Gasteiger partial charge in [0.25, 0.3) is 0 Å². The quantitative estimate of drug-likeness (QED) is 0.786. The van der Waals surface area contributed by atoms with Crippen LogP contribution in [0, 0.1) is 10.5 Å². The Labute approximate surface area is 120 Å². The molecule has 1 heterocycles. The number of aromatic nitrogens is 1. The van der Waals surface area contributed by atoms with Crippen molar-refractivity contribution in [3.8, 4) is 11.5 Å². The Balaban J connectivity index is 2.11. The minimum Gasteiger partial charge on any atom is -0.497 e. The molecule has 0 spiro atoms. The van der Waals surface area contributed by atoms with Crippen LogP contribution in [-0.2, 0) is 6.61 Å². The van der Waals surface area contributed by atoms with Crippen molar-refractivity contribution in [3.05, 3.63) is 51.4 Å². The average Bonchev–Trinajstić information content (AvgIpc) is 2.37. The van der Waals surface area contributed by atoms with E-state index < -0.39 is 0 Å².